The van der Waals surface area contributed by atoms with Crippen molar-refractivity contribution in [1.29, 1.82) is 0 Å². The maximum Gasteiger partial charge on any atom is 0.277 e. The molecule has 0 aliphatic rings. The van der Waals surface area contributed by atoms with E-state index in [1.807, 2.05) is 0 Å². The molecular formula is C9H16Cl2F2N4O. The monoisotopic (exact) mass is 304 g/mol. The summed E-state index contributed by atoms with van der Waals surface area (Å²) >= 11 is 0. The van der Waals surface area contributed by atoms with Crippen molar-refractivity contribution in [2.75, 3.05) is 13.1 Å². The van der Waals surface area contributed by atoms with Crippen molar-refractivity contribution in [2.45, 2.75) is 18.9 Å². The van der Waals surface area contributed by atoms with Gasteiger partial charge in [-0.3, -0.25) is 9.48 Å². The van der Waals surface area contributed by atoms with Crippen LogP contribution in [0.4, 0.5) is 8.78 Å². The molecule has 1 rings (SSSR count). The van der Waals surface area contributed by atoms with Crippen LogP contribution in [0.1, 0.15) is 6.42 Å². The van der Waals surface area contributed by atoms with Crippen LogP contribution >= 0.6 is 24.8 Å². The summed E-state index contributed by atoms with van der Waals surface area (Å²) in [6.07, 6.45) is 3.39. The van der Waals surface area contributed by atoms with E-state index in [9.17, 15) is 13.6 Å². The van der Waals surface area contributed by atoms with Gasteiger partial charge in [-0.1, -0.05) is 0 Å². The number of hydrogen-bond donors (Lipinski definition) is 2. The molecule has 5 nitrogen and oxygen atoms in total. The smallest absolute Gasteiger partial charge is 0.277 e. The molecule has 0 fully saturated rings. The van der Waals surface area contributed by atoms with E-state index < -0.39 is 24.9 Å². The van der Waals surface area contributed by atoms with Crippen LogP contribution in [-0.2, 0) is 11.3 Å². The predicted octanol–water partition coefficient (Wildman–Crippen LogP) is 0.827. The van der Waals surface area contributed by atoms with Gasteiger partial charge in [0.15, 0.2) is 0 Å². The van der Waals surface area contributed by atoms with Crippen molar-refractivity contribution < 1.29 is 13.6 Å². The fraction of sp³-hybridized carbons (Fsp3) is 0.556. The highest BCUT2D eigenvalue weighted by molar-refractivity contribution is 5.85. The lowest BCUT2D eigenvalue weighted by atomic mass is 10.3. The molecule has 0 spiro atoms. The van der Waals surface area contributed by atoms with Crippen molar-refractivity contribution in [2.24, 2.45) is 5.73 Å². The summed E-state index contributed by atoms with van der Waals surface area (Å²) in [7, 11) is 0. The van der Waals surface area contributed by atoms with Gasteiger partial charge in [0.2, 0.25) is 5.91 Å². The van der Waals surface area contributed by atoms with E-state index in [2.05, 4.69) is 10.4 Å². The minimum Gasteiger partial charge on any atom is -0.350 e. The first-order chi connectivity index (χ1) is 7.53. The molecule has 0 aromatic carbocycles. The Balaban J connectivity index is 0. The number of carbonyl (C=O) groups is 1. The number of nitrogens with zero attached hydrogens (tertiary/aromatic N) is 2. The van der Waals surface area contributed by atoms with Crippen molar-refractivity contribution in [3.05, 3.63) is 18.5 Å². The lowest BCUT2D eigenvalue weighted by molar-refractivity contribution is -0.123. The number of hydrogen-bond acceptors (Lipinski definition) is 3. The molecule has 0 bridgehead atoms. The molecule has 1 amide bonds. The van der Waals surface area contributed by atoms with E-state index in [1.165, 1.54) is 0 Å². The minimum absolute atomic E-state index is 0. The Labute approximate surface area is 116 Å². The molecular weight excluding hydrogens is 289 g/mol. The minimum atomic E-state index is -3.04. The Morgan fingerprint density at radius 1 is 1.44 bits per heavy atom. The van der Waals surface area contributed by atoms with E-state index in [0.717, 1.165) is 0 Å². The third-order valence-corrected chi connectivity index (χ3v) is 1.97. The Morgan fingerprint density at radius 3 is 2.61 bits per heavy atom. The second-order valence-electron chi connectivity index (χ2n) is 3.36. The third-order valence-electron chi connectivity index (χ3n) is 1.97. The van der Waals surface area contributed by atoms with Gasteiger partial charge in [0.05, 0.1) is 13.1 Å². The second-order valence-corrected chi connectivity index (χ2v) is 3.36. The number of aryl methyl sites for hydroxylation is 1. The van der Waals surface area contributed by atoms with Crippen LogP contribution in [0, 0.1) is 0 Å². The van der Waals surface area contributed by atoms with Crippen LogP contribution < -0.4 is 11.1 Å². The SMILES string of the molecule is Cl.Cl.NCC(F)(F)CNC(=O)CCn1cccn1. The van der Waals surface area contributed by atoms with Crippen LogP contribution in [0.15, 0.2) is 18.5 Å². The van der Waals surface area contributed by atoms with Crippen molar-refractivity contribution in [3.63, 3.8) is 0 Å². The van der Waals surface area contributed by atoms with Gasteiger partial charge in [-0.15, -0.1) is 24.8 Å². The third kappa shape index (κ3) is 7.41. The summed E-state index contributed by atoms with van der Waals surface area (Å²) in [4.78, 5) is 11.2. The zero-order valence-electron chi connectivity index (χ0n) is 9.51. The number of amides is 1. The van der Waals surface area contributed by atoms with E-state index in [4.69, 9.17) is 5.73 Å². The largest absolute Gasteiger partial charge is 0.350 e. The van der Waals surface area contributed by atoms with Gasteiger partial charge in [0, 0.05) is 25.4 Å². The summed E-state index contributed by atoms with van der Waals surface area (Å²) in [6.45, 7) is -1.12. The lowest BCUT2D eigenvalue weighted by Gasteiger charge is -2.14. The number of nitrogens with two attached hydrogens (primary N) is 1. The quantitative estimate of drug-likeness (QED) is 0.817. The zero-order chi connectivity index (χ0) is 12.0. The number of halogens is 4. The average molecular weight is 305 g/mol. The Bertz CT molecular complexity index is 335. The fourth-order valence-electron chi connectivity index (χ4n) is 1.04. The average Bonchev–Trinajstić information content (AvgIpc) is 2.76. The number of nitrogens with one attached hydrogen (secondary N) is 1. The molecule has 0 atom stereocenters. The Hall–Kier alpha value is -0.920. The molecule has 1 aromatic heterocycles. The summed E-state index contributed by atoms with van der Waals surface area (Å²) in [5, 5.41) is 6.01. The van der Waals surface area contributed by atoms with Gasteiger partial charge in [0.25, 0.3) is 5.92 Å². The van der Waals surface area contributed by atoms with Crippen LogP contribution in [0.3, 0.4) is 0 Å². The first-order valence-electron chi connectivity index (χ1n) is 4.85. The molecule has 0 aliphatic heterocycles. The fourth-order valence-corrected chi connectivity index (χ4v) is 1.04. The number of rotatable bonds is 6. The van der Waals surface area contributed by atoms with E-state index in [-0.39, 0.29) is 31.2 Å². The number of aromatic nitrogens is 2. The van der Waals surface area contributed by atoms with Gasteiger partial charge < -0.3 is 11.1 Å². The summed E-state index contributed by atoms with van der Waals surface area (Å²) in [5.41, 5.74) is 4.83. The molecule has 18 heavy (non-hydrogen) atoms. The van der Waals surface area contributed by atoms with Gasteiger partial charge >= 0.3 is 0 Å². The van der Waals surface area contributed by atoms with Crippen molar-refractivity contribution in [3.8, 4) is 0 Å². The van der Waals surface area contributed by atoms with Gasteiger partial charge in [-0.25, -0.2) is 8.78 Å². The van der Waals surface area contributed by atoms with Crippen LogP contribution in [0.2, 0.25) is 0 Å². The second kappa shape index (κ2) is 9.07. The van der Waals surface area contributed by atoms with Crippen molar-refractivity contribution >= 4 is 30.7 Å². The molecule has 0 unspecified atom stereocenters. The lowest BCUT2D eigenvalue weighted by Crippen LogP contribution is -2.41. The van der Waals surface area contributed by atoms with Crippen LogP contribution in [0.5, 0.6) is 0 Å². The summed E-state index contributed by atoms with van der Waals surface area (Å²) < 4.78 is 26.9. The molecule has 9 heteroatoms. The van der Waals surface area contributed by atoms with Crippen molar-refractivity contribution in [1.82, 2.24) is 15.1 Å². The standard InChI is InChI=1S/C9H14F2N4O.2ClH/c10-9(11,6-12)7-13-8(16)2-5-15-4-1-3-14-15;;/h1,3-4H,2,5-7,12H2,(H,13,16);2*1H. The summed E-state index contributed by atoms with van der Waals surface area (Å²) in [5.74, 6) is -3.48. The van der Waals surface area contributed by atoms with E-state index >= 15 is 0 Å². The maximum absolute atomic E-state index is 12.7. The normalized spacial score (nSPS) is 10.2. The number of carbonyl (C=O) groups excluding carboxylic acids is 1. The maximum atomic E-state index is 12.7. The molecule has 0 saturated carbocycles. The highest BCUT2D eigenvalue weighted by Crippen LogP contribution is 2.08. The van der Waals surface area contributed by atoms with Gasteiger partial charge in [-0.05, 0) is 6.07 Å². The molecule has 1 aromatic rings. The van der Waals surface area contributed by atoms with Crippen LogP contribution in [0.25, 0.3) is 0 Å². The Morgan fingerprint density at radius 2 is 2.11 bits per heavy atom. The van der Waals surface area contributed by atoms with Gasteiger partial charge in [-0.2, -0.15) is 5.10 Å². The molecule has 3 N–H and O–H groups in total. The summed E-state index contributed by atoms with van der Waals surface area (Å²) in [6, 6.07) is 1.72. The first-order valence-corrected chi connectivity index (χ1v) is 4.85. The topological polar surface area (TPSA) is 72.9 Å². The molecule has 0 radical (unpaired) electrons. The van der Waals surface area contributed by atoms with Gasteiger partial charge in [0.1, 0.15) is 0 Å². The number of alkyl halides is 2. The van der Waals surface area contributed by atoms with Crippen LogP contribution in [-0.4, -0.2) is 34.7 Å². The molecule has 106 valence electrons. The Kier molecular flexibility index (Phi) is 9.78. The zero-order valence-corrected chi connectivity index (χ0v) is 11.1. The first kappa shape index (κ1) is 19.4. The molecule has 1 heterocycles. The predicted molar refractivity (Wildman–Crippen MR) is 68.4 cm³/mol. The highest BCUT2D eigenvalue weighted by atomic mass is 35.5. The van der Waals surface area contributed by atoms with E-state index in [0.29, 0.717) is 6.54 Å². The molecule has 0 aliphatic carbocycles. The highest BCUT2D eigenvalue weighted by Gasteiger charge is 2.26. The van der Waals surface area contributed by atoms with E-state index in [1.54, 1.807) is 23.1 Å². The molecule has 0 saturated heterocycles.